The minimum Gasteiger partial charge on any atom is -0.378 e. The van der Waals surface area contributed by atoms with Crippen molar-refractivity contribution < 1.29 is 0 Å². The van der Waals surface area contributed by atoms with E-state index in [9.17, 15) is 0 Å². The van der Waals surface area contributed by atoms with Crippen molar-refractivity contribution in [2.75, 3.05) is 5.32 Å². The van der Waals surface area contributed by atoms with Gasteiger partial charge in [0, 0.05) is 24.6 Å². The third-order valence-electron chi connectivity index (χ3n) is 3.65. The highest BCUT2D eigenvalue weighted by Crippen LogP contribution is 2.35. The van der Waals surface area contributed by atoms with Gasteiger partial charge in [0.05, 0.1) is 30.5 Å². The zero-order valence-electron chi connectivity index (χ0n) is 11.6. The van der Waals surface area contributed by atoms with Gasteiger partial charge in [-0.25, -0.2) is 14.6 Å². The van der Waals surface area contributed by atoms with Gasteiger partial charge in [-0.05, 0) is 31.0 Å². The average Bonchev–Trinajstić information content (AvgIpc) is 3.04. The van der Waals surface area contributed by atoms with E-state index < -0.39 is 0 Å². The lowest BCUT2D eigenvalue weighted by molar-refractivity contribution is 0.701. The molecule has 1 saturated carbocycles. The summed E-state index contributed by atoms with van der Waals surface area (Å²) in [5.41, 5.74) is 2.21. The molecule has 3 heterocycles. The maximum atomic E-state index is 4.41. The van der Waals surface area contributed by atoms with Gasteiger partial charge in [-0.15, -0.1) is 0 Å². The summed E-state index contributed by atoms with van der Waals surface area (Å²) in [5, 5.41) is 7.55. The second-order valence-corrected chi connectivity index (χ2v) is 5.23. The van der Waals surface area contributed by atoms with Gasteiger partial charge >= 0.3 is 0 Å². The highest BCUT2D eigenvalue weighted by molar-refractivity contribution is 5.43. The van der Waals surface area contributed by atoms with Crippen LogP contribution in [0.15, 0.2) is 49.3 Å². The van der Waals surface area contributed by atoms with E-state index in [0.29, 0.717) is 6.04 Å². The van der Waals surface area contributed by atoms with E-state index in [1.165, 1.54) is 18.5 Å². The van der Waals surface area contributed by atoms with Gasteiger partial charge in [-0.2, -0.15) is 5.10 Å². The minimum atomic E-state index is 0.657. The molecule has 0 radical (unpaired) electrons. The third kappa shape index (κ3) is 2.52. The summed E-state index contributed by atoms with van der Waals surface area (Å²) in [7, 11) is 0. The van der Waals surface area contributed by atoms with Crippen LogP contribution >= 0.6 is 0 Å². The predicted octanol–water partition coefficient (Wildman–Crippen LogP) is 2.41. The lowest BCUT2D eigenvalue weighted by Crippen LogP contribution is -2.06. The van der Waals surface area contributed by atoms with Gasteiger partial charge in [-0.1, -0.05) is 0 Å². The third-order valence-corrected chi connectivity index (χ3v) is 3.65. The summed E-state index contributed by atoms with van der Waals surface area (Å²) in [6.45, 7) is 0.763. The van der Waals surface area contributed by atoms with Gasteiger partial charge in [-0.3, -0.25) is 0 Å². The Kier molecular flexibility index (Phi) is 2.92. The number of anilines is 1. The maximum Gasteiger partial charge on any atom is 0.153 e. The Balaban J connectivity index is 1.44. The Morgan fingerprint density at radius 2 is 2.19 bits per heavy atom. The molecule has 1 aliphatic carbocycles. The monoisotopic (exact) mass is 280 g/mol. The summed E-state index contributed by atoms with van der Waals surface area (Å²) in [6, 6.07) is 6.51. The molecule has 0 aromatic carbocycles. The molecule has 6 nitrogen and oxygen atoms in total. The van der Waals surface area contributed by atoms with Gasteiger partial charge in [0.15, 0.2) is 5.82 Å². The van der Waals surface area contributed by atoms with Crippen LogP contribution in [0.4, 0.5) is 5.69 Å². The summed E-state index contributed by atoms with van der Waals surface area (Å²) >= 11 is 0. The lowest BCUT2D eigenvalue weighted by atomic mass is 10.3. The van der Waals surface area contributed by atoms with Crippen LogP contribution in [0.5, 0.6) is 0 Å². The molecular weight excluding hydrogens is 264 g/mol. The molecule has 1 N–H and O–H groups in total. The van der Waals surface area contributed by atoms with E-state index in [4.69, 9.17) is 0 Å². The first-order valence-corrected chi connectivity index (χ1v) is 7.11. The standard InChI is InChI=1S/C15H16N6/c1-6-19-21(7-1)15-5-2-12(8-18-15)17-10-14-9-16-11-20(14)13-3-4-13/h1-2,5-9,11,13,17H,3-4,10H2. The van der Waals surface area contributed by atoms with Crippen molar-refractivity contribution in [2.24, 2.45) is 0 Å². The second-order valence-electron chi connectivity index (χ2n) is 5.23. The first kappa shape index (κ1) is 12.1. The Morgan fingerprint density at radius 3 is 2.90 bits per heavy atom. The fourth-order valence-corrected chi connectivity index (χ4v) is 2.37. The molecule has 1 aliphatic rings. The Hall–Kier alpha value is -2.63. The molecule has 0 bridgehead atoms. The zero-order valence-corrected chi connectivity index (χ0v) is 11.6. The molecule has 3 aromatic heterocycles. The summed E-state index contributed by atoms with van der Waals surface area (Å²) in [5.74, 6) is 0.813. The van der Waals surface area contributed by atoms with Gasteiger partial charge in [0.1, 0.15) is 0 Å². The van der Waals surface area contributed by atoms with Crippen LogP contribution < -0.4 is 5.32 Å². The molecule has 21 heavy (non-hydrogen) atoms. The smallest absolute Gasteiger partial charge is 0.153 e. The van der Waals surface area contributed by atoms with Crippen molar-refractivity contribution in [3.8, 4) is 5.82 Å². The highest BCUT2D eigenvalue weighted by Gasteiger charge is 2.24. The molecule has 0 unspecified atom stereocenters. The normalized spacial score (nSPS) is 14.3. The predicted molar refractivity (Wildman–Crippen MR) is 79.2 cm³/mol. The first-order valence-electron chi connectivity index (χ1n) is 7.11. The van der Waals surface area contributed by atoms with Crippen molar-refractivity contribution >= 4 is 5.69 Å². The molecule has 0 saturated heterocycles. The van der Waals surface area contributed by atoms with E-state index >= 15 is 0 Å². The quantitative estimate of drug-likeness (QED) is 0.779. The Morgan fingerprint density at radius 1 is 1.24 bits per heavy atom. The molecule has 0 atom stereocenters. The van der Waals surface area contributed by atoms with Crippen molar-refractivity contribution in [2.45, 2.75) is 25.4 Å². The number of nitrogens with zero attached hydrogens (tertiary/aromatic N) is 5. The number of hydrogen-bond acceptors (Lipinski definition) is 4. The topological polar surface area (TPSA) is 60.6 Å². The number of aromatic nitrogens is 5. The lowest BCUT2D eigenvalue weighted by Gasteiger charge is -2.09. The summed E-state index contributed by atoms with van der Waals surface area (Å²) in [6.07, 6.45) is 11.8. The number of rotatable bonds is 5. The largest absolute Gasteiger partial charge is 0.378 e. The average molecular weight is 280 g/mol. The molecule has 0 aliphatic heterocycles. The van der Waals surface area contributed by atoms with Crippen LogP contribution in [-0.2, 0) is 6.54 Å². The fraction of sp³-hybridized carbons (Fsp3) is 0.267. The second kappa shape index (κ2) is 5.05. The van der Waals surface area contributed by atoms with Crippen LogP contribution in [0.3, 0.4) is 0 Å². The molecule has 0 spiro atoms. The SMILES string of the molecule is c1cnn(-c2ccc(NCc3cncn3C3CC3)cn2)c1. The molecule has 4 rings (SSSR count). The number of pyridine rings is 1. The van der Waals surface area contributed by atoms with E-state index in [1.807, 2.05) is 43.1 Å². The first-order chi connectivity index (χ1) is 10.4. The number of nitrogens with one attached hydrogen (secondary N) is 1. The van der Waals surface area contributed by atoms with Gasteiger partial charge in [0.2, 0.25) is 0 Å². The van der Waals surface area contributed by atoms with Crippen LogP contribution in [-0.4, -0.2) is 24.3 Å². The van der Waals surface area contributed by atoms with Gasteiger partial charge in [0.25, 0.3) is 0 Å². The zero-order chi connectivity index (χ0) is 14.1. The molecular formula is C15H16N6. The minimum absolute atomic E-state index is 0.657. The molecule has 3 aromatic rings. The van der Waals surface area contributed by atoms with E-state index in [1.54, 1.807) is 10.9 Å². The molecule has 1 fully saturated rings. The maximum absolute atomic E-state index is 4.41. The number of imidazole rings is 1. The van der Waals surface area contributed by atoms with Crippen LogP contribution in [0.25, 0.3) is 5.82 Å². The highest BCUT2D eigenvalue weighted by atomic mass is 15.3. The summed E-state index contributed by atoms with van der Waals surface area (Å²) in [4.78, 5) is 8.65. The van der Waals surface area contributed by atoms with E-state index in [2.05, 4.69) is 25.0 Å². The van der Waals surface area contributed by atoms with Crippen LogP contribution in [0.1, 0.15) is 24.6 Å². The van der Waals surface area contributed by atoms with Crippen molar-refractivity contribution in [3.05, 3.63) is 55.0 Å². The van der Waals surface area contributed by atoms with Crippen LogP contribution in [0.2, 0.25) is 0 Å². The van der Waals surface area contributed by atoms with E-state index in [0.717, 1.165) is 18.1 Å². The molecule has 0 amide bonds. The molecule has 106 valence electrons. The number of hydrogen-bond donors (Lipinski definition) is 1. The molecule has 6 heteroatoms. The fourth-order valence-electron chi connectivity index (χ4n) is 2.37. The van der Waals surface area contributed by atoms with Crippen molar-refractivity contribution in [1.82, 2.24) is 24.3 Å². The van der Waals surface area contributed by atoms with Crippen molar-refractivity contribution in [1.29, 1.82) is 0 Å². The van der Waals surface area contributed by atoms with E-state index in [-0.39, 0.29) is 0 Å². The van der Waals surface area contributed by atoms with Crippen molar-refractivity contribution in [3.63, 3.8) is 0 Å². The van der Waals surface area contributed by atoms with Crippen LogP contribution in [0, 0.1) is 0 Å². The summed E-state index contributed by atoms with van der Waals surface area (Å²) < 4.78 is 4.00. The Labute approximate surface area is 122 Å². The Bertz CT molecular complexity index is 709. The van der Waals surface area contributed by atoms with Gasteiger partial charge < -0.3 is 9.88 Å².